The highest BCUT2D eigenvalue weighted by Crippen LogP contribution is 2.27. The third-order valence-corrected chi connectivity index (χ3v) is 5.26. The number of guanidine groups is 1. The number of halogens is 1. The molecule has 1 saturated carbocycles. The molecule has 0 spiro atoms. The van der Waals surface area contributed by atoms with Gasteiger partial charge in [0.1, 0.15) is 0 Å². The topological polar surface area (TPSA) is 78.9 Å². The maximum atomic E-state index is 12.6. The zero-order chi connectivity index (χ0) is 18.4. The van der Waals surface area contributed by atoms with Gasteiger partial charge in [0.25, 0.3) is 0 Å². The molecule has 1 unspecified atom stereocenters. The molecular formula is C19H30IN5O2. The van der Waals surface area contributed by atoms with Crippen molar-refractivity contribution in [2.75, 3.05) is 27.2 Å². The standard InChI is InChI=1S/C19H29N5O2.HI/c1-20-19(22-12-15-8-5-10-21-17(15)26-2)23-16-9-11-24(13-16)18(25)14-6-3-4-7-14;/h5,8,10,14,16H,3-4,6-7,9,11-13H2,1-2H3,(H2,20,22,23);1H. The fourth-order valence-electron chi connectivity index (χ4n) is 3.82. The van der Waals surface area contributed by atoms with E-state index in [1.807, 2.05) is 17.0 Å². The number of amides is 1. The first kappa shape index (κ1) is 21.7. The Morgan fingerprint density at radius 3 is 2.85 bits per heavy atom. The number of carbonyl (C=O) groups is 1. The van der Waals surface area contributed by atoms with Gasteiger partial charge >= 0.3 is 0 Å². The van der Waals surface area contributed by atoms with Crippen LogP contribution >= 0.6 is 24.0 Å². The van der Waals surface area contributed by atoms with Crippen LogP contribution in [0.5, 0.6) is 5.88 Å². The number of nitrogens with one attached hydrogen (secondary N) is 2. The lowest BCUT2D eigenvalue weighted by Crippen LogP contribution is -2.45. The van der Waals surface area contributed by atoms with Crippen molar-refractivity contribution >= 4 is 35.8 Å². The molecule has 1 saturated heterocycles. The second-order valence-electron chi connectivity index (χ2n) is 6.99. The van der Waals surface area contributed by atoms with Crippen LogP contribution < -0.4 is 15.4 Å². The highest BCUT2D eigenvalue weighted by Gasteiger charge is 2.32. The molecule has 1 aliphatic carbocycles. The maximum Gasteiger partial charge on any atom is 0.225 e. The van der Waals surface area contributed by atoms with Crippen molar-refractivity contribution in [1.82, 2.24) is 20.5 Å². The molecule has 1 aliphatic heterocycles. The van der Waals surface area contributed by atoms with Crippen LogP contribution in [0.4, 0.5) is 0 Å². The fourth-order valence-corrected chi connectivity index (χ4v) is 3.82. The van der Waals surface area contributed by atoms with Crippen molar-refractivity contribution in [3.63, 3.8) is 0 Å². The van der Waals surface area contributed by atoms with Crippen LogP contribution in [0.25, 0.3) is 0 Å². The summed E-state index contributed by atoms with van der Waals surface area (Å²) in [5, 5.41) is 6.73. The summed E-state index contributed by atoms with van der Waals surface area (Å²) >= 11 is 0. The van der Waals surface area contributed by atoms with E-state index in [0.29, 0.717) is 18.3 Å². The number of aliphatic imine (C=N–C) groups is 1. The second-order valence-corrected chi connectivity index (χ2v) is 6.99. The van der Waals surface area contributed by atoms with Gasteiger partial charge in [-0.1, -0.05) is 18.9 Å². The number of pyridine rings is 1. The predicted molar refractivity (Wildman–Crippen MR) is 116 cm³/mol. The van der Waals surface area contributed by atoms with E-state index < -0.39 is 0 Å². The van der Waals surface area contributed by atoms with Crippen LogP contribution in [0.1, 0.15) is 37.7 Å². The van der Waals surface area contributed by atoms with Gasteiger partial charge in [0.05, 0.1) is 7.11 Å². The van der Waals surface area contributed by atoms with Crippen molar-refractivity contribution < 1.29 is 9.53 Å². The molecule has 1 aromatic rings. The Balaban J connectivity index is 0.00000261. The number of carbonyl (C=O) groups excluding carboxylic acids is 1. The lowest BCUT2D eigenvalue weighted by Gasteiger charge is -2.21. The van der Waals surface area contributed by atoms with Gasteiger partial charge in [-0.3, -0.25) is 9.79 Å². The van der Waals surface area contributed by atoms with Crippen molar-refractivity contribution in [3.05, 3.63) is 23.9 Å². The van der Waals surface area contributed by atoms with Gasteiger partial charge in [0.15, 0.2) is 5.96 Å². The molecule has 1 atom stereocenters. The molecule has 0 aromatic carbocycles. The van der Waals surface area contributed by atoms with Gasteiger partial charge in [0.2, 0.25) is 11.8 Å². The number of likely N-dealkylation sites (tertiary alicyclic amines) is 1. The van der Waals surface area contributed by atoms with E-state index >= 15 is 0 Å². The van der Waals surface area contributed by atoms with Crippen molar-refractivity contribution in [1.29, 1.82) is 0 Å². The largest absolute Gasteiger partial charge is 0.481 e. The summed E-state index contributed by atoms with van der Waals surface area (Å²) < 4.78 is 5.28. The van der Waals surface area contributed by atoms with Gasteiger partial charge in [0, 0.05) is 50.4 Å². The third kappa shape index (κ3) is 5.70. The van der Waals surface area contributed by atoms with E-state index in [0.717, 1.165) is 43.9 Å². The Bertz CT molecular complexity index is 649. The van der Waals surface area contributed by atoms with E-state index in [1.165, 1.54) is 12.8 Å². The number of aromatic nitrogens is 1. The van der Waals surface area contributed by atoms with E-state index in [1.54, 1.807) is 20.4 Å². The van der Waals surface area contributed by atoms with Gasteiger partial charge in [-0.05, 0) is 25.3 Å². The van der Waals surface area contributed by atoms with Gasteiger partial charge in [-0.15, -0.1) is 24.0 Å². The zero-order valence-corrected chi connectivity index (χ0v) is 18.4. The number of ether oxygens (including phenoxy) is 1. The Morgan fingerprint density at radius 2 is 2.15 bits per heavy atom. The monoisotopic (exact) mass is 487 g/mol. The molecule has 3 rings (SSSR count). The van der Waals surface area contributed by atoms with E-state index in [4.69, 9.17) is 4.74 Å². The molecule has 2 fully saturated rings. The van der Waals surface area contributed by atoms with E-state index in [9.17, 15) is 4.79 Å². The van der Waals surface area contributed by atoms with Gasteiger partial charge in [-0.2, -0.15) is 0 Å². The highest BCUT2D eigenvalue weighted by atomic mass is 127. The van der Waals surface area contributed by atoms with Gasteiger partial charge < -0.3 is 20.3 Å². The zero-order valence-electron chi connectivity index (χ0n) is 16.1. The first-order valence-electron chi connectivity index (χ1n) is 9.45. The number of methoxy groups -OCH3 is 1. The molecule has 2 N–H and O–H groups in total. The minimum absolute atomic E-state index is 0. The first-order valence-corrected chi connectivity index (χ1v) is 9.45. The Kier molecular flexibility index (Phi) is 8.59. The van der Waals surface area contributed by atoms with E-state index in [-0.39, 0.29) is 35.9 Å². The predicted octanol–water partition coefficient (Wildman–Crippen LogP) is 2.16. The fraction of sp³-hybridized carbons (Fsp3) is 0.632. The summed E-state index contributed by atoms with van der Waals surface area (Å²) in [7, 11) is 3.37. The number of hydrogen-bond acceptors (Lipinski definition) is 4. The third-order valence-electron chi connectivity index (χ3n) is 5.26. The Hall–Kier alpha value is -1.58. The molecule has 2 aliphatic rings. The molecule has 7 nitrogen and oxygen atoms in total. The average molecular weight is 487 g/mol. The number of nitrogens with zero attached hydrogens (tertiary/aromatic N) is 3. The van der Waals surface area contributed by atoms with Crippen LogP contribution in [0.2, 0.25) is 0 Å². The molecule has 0 radical (unpaired) electrons. The molecule has 0 bridgehead atoms. The van der Waals surface area contributed by atoms with Crippen LogP contribution in [0.3, 0.4) is 0 Å². The quantitative estimate of drug-likeness (QED) is 0.378. The smallest absolute Gasteiger partial charge is 0.225 e. The number of rotatable bonds is 5. The minimum Gasteiger partial charge on any atom is -0.481 e. The molecule has 1 amide bonds. The summed E-state index contributed by atoms with van der Waals surface area (Å²) in [4.78, 5) is 23.1. The highest BCUT2D eigenvalue weighted by molar-refractivity contribution is 14.0. The summed E-state index contributed by atoms with van der Waals surface area (Å²) in [5.41, 5.74) is 0.974. The lowest BCUT2D eigenvalue weighted by atomic mass is 10.1. The van der Waals surface area contributed by atoms with Crippen LogP contribution in [-0.4, -0.2) is 55.0 Å². The Labute approximate surface area is 178 Å². The minimum atomic E-state index is 0. The first-order chi connectivity index (χ1) is 12.7. The average Bonchev–Trinajstić information content (AvgIpc) is 3.37. The van der Waals surface area contributed by atoms with Crippen LogP contribution in [0.15, 0.2) is 23.3 Å². The van der Waals surface area contributed by atoms with Crippen molar-refractivity contribution in [2.45, 2.75) is 44.7 Å². The summed E-state index contributed by atoms with van der Waals surface area (Å²) in [6.07, 6.45) is 7.17. The second kappa shape index (κ2) is 10.7. The SMILES string of the molecule is CN=C(NCc1cccnc1OC)NC1CCN(C(=O)C2CCCC2)C1.I. The molecule has 1 aromatic heterocycles. The maximum absolute atomic E-state index is 12.6. The van der Waals surface area contributed by atoms with Crippen molar-refractivity contribution in [3.8, 4) is 5.88 Å². The summed E-state index contributed by atoms with van der Waals surface area (Å²) in [6.45, 7) is 2.17. The summed E-state index contributed by atoms with van der Waals surface area (Å²) in [5.74, 6) is 1.94. The summed E-state index contributed by atoms with van der Waals surface area (Å²) in [6, 6.07) is 4.10. The van der Waals surface area contributed by atoms with Crippen molar-refractivity contribution in [2.24, 2.45) is 10.9 Å². The number of hydrogen-bond donors (Lipinski definition) is 2. The molecule has 8 heteroatoms. The van der Waals surface area contributed by atoms with Crippen LogP contribution in [0, 0.1) is 5.92 Å². The molecular weight excluding hydrogens is 457 g/mol. The molecule has 2 heterocycles. The van der Waals surface area contributed by atoms with Gasteiger partial charge in [-0.25, -0.2) is 4.98 Å². The van der Waals surface area contributed by atoms with Crippen LogP contribution in [-0.2, 0) is 11.3 Å². The molecule has 150 valence electrons. The normalized spacial score (nSPS) is 20.3. The molecule has 27 heavy (non-hydrogen) atoms. The Morgan fingerprint density at radius 1 is 1.37 bits per heavy atom. The lowest BCUT2D eigenvalue weighted by molar-refractivity contribution is -0.134. The van der Waals surface area contributed by atoms with E-state index in [2.05, 4.69) is 20.6 Å².